The van der Waals surface area contributed by atoms with Crippen molar-refractivity contribution in [3.05, 3.63) is 29.6 Å². The first-order chi connectivity index (χ1) is 5.79. The zero-order valence-corrected chi connectivity index (χ0v) is 7.33. The number of hydrogen-bond acceptors (Lipinski definition) is 2. The van der Waals surface area contributed by atoms with Crippen molar-refractivity contribution in [1.82, 2.24) is 4.98 Å². The molecule has 2 rings (SSSR count). The number of aryl methyl sites for hydroxylation is 1. The van der Waals surface area contributed by atoms with Crippen LogP contribution < -0.4 is 5.73 Å². The van der Waals surface area contributed by atoms with E-state index in [2.05, 4.69) is 18.0 Å². The van der Waals surface area contributed by atoms with E-state index in [1.807, 2.05) is 12.4 Å². The number of rotatable bonds is 1. The van der Waals surface area contributed by atoms with Gasteiger partial charge < -0.3 is 5.73 Å². The summed E-state index contributed by atoms with van der Waals surface area (Å²) in [5.74, 6) is 0.568. The number of aromatic nitrogens is 1. The first-order valence-corrected chi connectivity index (χ1v) is 4.45. The first kappa shape index (κ1) is 7.74. The fourth-order valence-electron chi connectivity index (χ4n) is 1.78. The summed E-state index contributed by atoms with van der Waals surface area (Å²) in [7, 11) is 0. The highest BCUT2D eigenvalue weighted by molar-refractivity contribution is 5.28. The Morgan fingerprint density at radius 1 is 1.50 bits per heavy atom. The maximum absolute atomic E-state index is 5.90. The van der Waals surface area contributed by atoms with Gasteiger partial charge in [0.15, 0.2) is 0 Å². The molecule has 0 spiro atoms. The van der Waals surface area contributed by atoms with E-state index in [1.165, 1.54) is 24.0 Å². The molecule has 1 heterocycles. The monoisotopic (exact) mass is 162 g/mol. The summed E-state index contributed by atoms with van der Waals surface area (Å²) in [6, 6.07) is 2.42. The molecular weight excluding hydrogens is 148 g/mol. The Hall–Kier alpha value is -0.890. The number of hydrogen-bond donors (Lipinski definition) is 1. The molecule has 1 aromatic rings. The second kappa shape index (κ2) is 2.87. The van der Waals surface area contributed by atoms with E-state index < -0.39 is 0 Å². The van der Waals surface area contributed by atoms with E-state index in [0.717, 1.165) is 0 Å². The van der Waals surface area contributed by atoms with Gasteiger partial charge in [-0.1, -0.05) is 0 Å². The van der Waals surface area contributed by atoms with Crippen molar-refractivity contribution >= 4 is 0 Å². The molecule has 1 saturated carbocycles. The van der Waals surface area contributed by atoms with Gasteiger partial charge in [-0.15, -0.1) is 0 Å². The van der Waals surface area contributed by atoms with Crippen LogP contribution in [0.15, 0.2) is 18.5 Å². The average molecular weight is 162 g/mol. The number of pyridine rings is 1. The van der Waals surface area contributed by atoms with E-state index >= 15 is 0 Å². The molecule has 12 heavy (non-hydrogen) atoms. The van der Waals surface area contributed by atoms with Crippen LogP contribution in [0.1, 0.15) is 29.9 Å². The maximum Gasteiger partial charge on any atom is 0.0305 e. The molecule has 2 atom stereocenters. The zero-order chi connectivity index (χ0) is 8.55. The Morgan fingerprint density at radius 2 is 2.33 bits per heavy atom. The second-order valence-electron chi connectivity index (χ2n) is 3.58. The molecular formula is C10H14N2. The zero-order valence-electron chi connectivity index (χ0n) is 7.33. The summed E-state index contributed by atoms with van der Waals surface area (Å²) >= 11 is 0. The van der Waals surface area contributed by atoms with Gasteiger partial charge in [0.2, 0.25) is 0 Å². The summed E-state index contributed by atoms with van der Waals surface area (Å²) in [5, 5.41) is 0. The maximum atomic E-state index is 5.90. The van der Waals surface area contributed by atoms with Gasteiger partial charge in [0.05, 0.1) is 0 Å². The molecule has 2 N–H and O–H groups in total. The van der Waals surface area contributed by atoms with Crippen molar-refractivity contribution in [2.75, 3.05) is 0 Å². The van der Waals surface area contributed by atoms with Crippen LogP contribution in [0.2, 0.25) is 0 Å². The molecule has 0 radical (unpaired) electrons. The van der Waals surface area contributed by atoms with Gasteiger partial charge in [0.1, 0.15) is 0 Å². The molecule has 64 valence electrons. The lowest BCUT2D eigenvalue weighted by Crippen LogP contribution is -2.37. The van der Waals surface area contributed by atoms with Crippen molar-refractivity contribution < 1.29 is 0 Å². The minimum Gasteiger partial charge on any atom is -0.327 e. The van der Waals surface area contributed by atoms with E-state index in [1.54, 1.807) is 0 Å². The highest BCUT2D eigenvalue weighted by atomic mass is 14.7. The Bertz CT molecular complexity index is 283. The minimum atomic E-state index is 0.368. The van der Waals surface area contributed by atoms with Crippen molar-refractivity contribution in [1.29, 1.82) is 0 Å². The van der Waals surface area contributed by atoms with Crippen LogP contribution in [0.5, 0.6) is 0 Å². The number of nitrogens with two attached hydrogens (primary N) is 1. The quantitative estimate of drug-likeness (QED) is 0.681. The Balaban J connectivity index is 2.27. The van der Waals surface area contributed by atoms with E-state index in [0.29, 0.717) is 12.0 Å². The third kappa shape index (κ3) is 1.12. The van der Waals surface area contributed by atoms with Crippen molar-refractivity contribution in [3.8, 4) is 0 Å². The summed E-state index contributed by atoms with van der Waals surface area (Å²) in [6.45, 7) is 2.13. The van der Waals surface area contributed by atoms with Crippen LogP contribution in [0.3, 0.4) is 0 Å². The lowest BCUT2D eigenvalue weighted by Gasteiger charge is -2.34. The fourth-order valence-corrected chi connectivity index (χ4v) is 1.78. The second-order valence-corrected chi connectivity index (χ2v) is 3.58. The Labute approximate surface area is 72.8 Å². The molecule has 0 aromatic carbocycles. The molecule has 1 aromatic heterocycles. The lowest BCUT2D eigenvalue weighted by molar-refractivity contribution is 0.345. The molecule has 2 unspecified atom stereocenters. The Kier molecular flexibility index (Phi) is 1.85. The van der Waals surface area contributed by atoms with Crippen LogP contribution in [-0.2, 0) is 0 Å². The van der Waals surface area contributed by atoms with Gasteiger partial charge in [-0.05, 0) is 37.0 Å². The lowest BCUT2D eigenvalue weighted by atomic mass is 9.75. The largest absolute Gasteiger partial charge is 0.327 e. The van der Waals surface area contributed by atoms with E-state index in [4.69, 9.17) is 5.73 Å². The smallest absolute Gasteiger partial charge is 0.0305 e. The van der Waals surface area contributed by atoms with Crippen LogP contribution in [0, 0.1) is 6.92 Å². The van der Waals surface area contributed by atoms with Gasteiger partial charge >= 0.3 is 0 Å². The SMILES string of the molecule is Cc1ccncc1C1CCC1N. The topological polar surface area (TPSA) is 38.9 Å². The average Bonchev–Trinajstić information content (AvgIpc) is 2.06. The molecule has 1 aliphatic carbocycles. The molecule has 2 nitrogen and oxygen atoms in total. The number of nitrogens with zero attached hydrogens (tertiary/aromatic N) is 1. The molecule has 1 aliphatic rings. The van der Waals surface area contributed by atoms with Gasteiger partial charge in [-0.3, -0.25) is 4.98 Å². The van der Waals surface area contributed by atoms with Gasteiger partial charge in [0.25, 0.3) is 0 Å². The summed E-state index contributed by atoms with van der Waals surface area (Å²) in [5.41, 5.74) is 8.56. The molecule has 2 heteroatoms. The van der Waals surface area contributed by atoms with Gasteiger partial charge in [-0.25, -0.2) is 0 Å². The van der Waals surface area contributed by atoms with Gasteiger partial charge in [0, 0.05) is 24.4 Å². The molecule has 0 bridgehead atoms. The fraction of sp³-hybridized carbons (Fsp3) is 0.500. The van der Waals surface area contributed by atoms with Crippen molar-refractivity contribution in [2.45, 2.75) is 31.7 Å². The predicted molar refractivity (Wildman–Crippen MR) is 48.9 cm³/mol. The van der Waals surface area contributed by atoms with Crippen LogP contribution in [-0.4, -0.2) is 11.0 Å². The summed E-state index contributed by atoms with van der Waals surface area (Å²) < 4.78 is 0. The highest BCUT2D eigenvalue weighted by Gasteiger charge is 2.29. The van der Waals surface area contributed by atoms with Crippen LogP contribution in [0.4, 0.5) is 0 Å². The predicted octanol–water partition coefficient (Wildman–Crippen LogP) is 1.59. The minimum absolute atomic E-state index is 0.368. The van der Waals surface area contributed by atoms with Crippen LogP contribution >= 0.6 is 0 Å². The molecule has 0 aliphatic heterocycles. The normalized spacial score (nSPS) is 28.2. The van der Waals surface area contributed by atoms with Gasteiger partial charge in [-0.2, -0.15) is 0 Å². The molecule has 0 amide bonds. The third-order valence-corrected chi connectivity index (χ3v) is 2.81. The molecule has 1 fully saturated rings. The molecule has 0 saturated heterocycles. The third-order valence-electron chi connectivity index (χ3n) is 2.81. The summed E-state index contributed by atoms with van der Waals surface area (Å²) in [6.07, 6.45) is 6.19. The van der Waals surface area contributed by atoms with E-state index in [-0.39, 0.29) is 0 Å². The highest BCUT2D eigenvalue weighted by Crippen LogP contribution is 2.36. The standard InChI is InChI=1S/C10H14N2/c1-7-4-5-12-6-9(7)8-2-3-10(8)11/h4-6,8,10H,2-3,11H2,1H3. The Morgan fingerprint density at radius 3 is 2.83 bits per heavy atom. The van der Waals surface area contributed by atoms with Crippen molar-refractivity contribution in [2.24, 2.45) is 5.73 Å². The van der Waals surface area contributed by atoms with Crippen LogP contribution in [0.25, 0.3) is 0 Å². The first-order valence-electron chi connectivity index (χ1n) is 4.45. The van der Waals surface area contributed by atoms with Crippen molar-refractivity contribution in [3.63, 3.8) is 0 Å². The summed E-state index contributed by atoms with van der Waals surface area (Å²) in [4.78, 5) is 4.13. The van der Waals surface area contributed by atoms with E-state index in [9.17, 15) is 0 Å².